The third kappa shape index (κ3) is 2.68. The third-order valence-electron chi connectivity index (χ3n) is 4.21. The van der Waals surface area contributed by atoms with Gasteiger partial charge in [0.25, 0.3) is 0 Å². The number of rotatable bonds is 4. The van der Waals surface area contributed by atoms with Gasteiger partial charge in [0, 0.05) is 18.9 Å². The summed E-state index contributed by atoms with van der Waals surface area (Å²) in [5.41, 5.74) is 0.981. The van der Waals surface area contributed by atoms with Crippen LogP contribution in [-0.4, -0.2) is 38.4 Å². The Morgan fingerprint density at radius 2 is 2.24 bits per heavy atom. The summed E-state index contributed by atoms with van der Waals surface area (Å²) in [6, 6.07) is 0. The van der Waals surface area contributed by atoms with Gasteiger partial charge in [0.05, 0.1) is 25.0 Å². The molecule has 0 aromatic heterocycles. The maximum absolute atomic E-state index is 12.3. The van der Waals surface area contributed by atoms with Gasteiger partial charge in [0.2, 0.25) is 0 Å². The van der Waals surface area contributed by atoms with E-state index in [0.717, 1.165) is 5.57 Å². The first-order valence-corrected chi connectivity index (χ1v) is 7.05. The fourth-order valence-corrected chi connectivity index (χ4v) is 3.27. The summed E-state index contributed by atoms with van der Waals surface area (Å²) in [4.78, 5) is 24.5. The van der Waals surface area contributed by atoms with E-state index in [4.69, 9.17) is 20.6 Å². The van der Waals surface area contributed by atoms with Gasteiger partial charge in [-0.3, -0.25) is 9.59 Å². The predicted molar refractivity (Wildman–Crippen MR) is 74.9 cm³/mol. The average Bonchev–Trinajstić information content (AvgIpc) is 2.76. The molecule has 0 saturated carbocycles. The van der Waals surface area contributed by atoms with Crippen molar-refractivity contribution < 1.29 is 23.8 Å². The second-order valence-electron chi connectivity index (χ2n) is 5.38. The molecular formula is C16H20O5. The zero-order valence-corrected chi connectivity index (χ0v) is 12.5. The molecule has 1 fully saturated rings. The lowest BCUT2D eigenvalue weighted by atomic mass is 9.67. The zero-order chi connectivity index (χ0) is 15.6. The lowest BCUT2D eigenvalue weighted by molar-refractivity contribution is -0.159. The molecule has 2 aliphatic rings. The van der Waals surface area contributed by atoms with Crippen LogP contribution in [0.4, 0.5) is 0 Å². The second kappa shape index (κ2) is 6.31. The van der Waals surface area contributed by atoms with Crippen LogP contribution < -0.4 is 0 Å². The third-order valence-corrected chi connectivity index (χ3v) is 4.21. The highest BCUT2D eigenvalue weighted by molar-refractivity contribution is 5.85. The number of fused-ring (bicyclic) bond motifs is 1. The van der Waals surface area contributed by atoms with Crippen molar-refractivity contribution in [1.29, 1.82) is 0 Å². The highest BCUT2D eigenvalue weighted by atomic mass is 16.6. The number of carbonyl (C=O) groups excluding carboxylic acids is 2. The standard InChI is InChI=1S/C16H20O5/c1-5-12-10-7-9(3)11(8-19-4)14(15(17)20-6-2)13(10)16(18)21-12/h1,7,10-14H,6,8H2,2-4H3/t10-,11-,12+,13-,14-/m1/s1. The van der Waals surface area contributed by atoms with E-state index in [2.05, 4.69) is 5.92 Å². The normalized spacial score (nSPS) is 34.5. The van der Waals surface area contributed by atoms with Crippen molar-refractivity contribution in [2.45, 2.75) is 20.0 Å². The monoisotopic (exact) mass is 292 g/mol. The van der Waals surface area contributed by atoms with Crippen molar-refractivity contribution in [3.63, 3.8) is 0 Å². The first kappa shape index (κ1) is 15.6. The van der Waals surface area contributed by atoms with Crippen molar-refractivity contribution >= 4 is 11.9 Å². The van der Waals surface area contributed by atoms with Crippen molar-refractivity contribution in [2.75, 3.05) is 20.3 Å². The summed E-state index contributed by atoms with van der Waals surface area (Å²) in [6.45, 7) is 4.28. The molecule has 0 unspecified atom stereocenters. The Labute approximate surface area is 124 Å². The van der Waals surface area contributed by atoms with Crippen molar-refractivity contribution in [3.8, 4) is 12.3 Å². The van der Waals surface area contributed by atoms with E-state index < -0.39 is 29.9 Å². The first-order valence-electron chi connectivity index (χ1n) is 7.05. The minimum atomic E-state index is -0.613. The van der Waals surface area contributed by atoms with Gasteiger partial charge in [-0.2, -0.15) is 0 Å². The van der Waals surface area contributed by atoms with Gasteiger partial charge in [-0.25, -0.2) is 0 Å². The molecule has 0 bridgehead atoms. The van der Waals surface area contributed by atoms with E-state index in [1.807, 2.05) is 13.0 Å². The van der Waals surface area contributed by atoms with Crippen LogP contribution in [0.15, 0.2) is 11.6 Å². The molecule has 2 rings (SSSR count). The largest absolute Gasteiger partial charge is 0.466 e. The Hall–Kier alpha value is -1.80. The van der Waals surface area contributed by atoms with E-state index in [0.29, 0.717) is 6.61 Å². The van der Waals surface area contributed by atoms with Gasteiger partial charge in [0.15, 0.2) is 6.10 Å². The summed E-state index contributed by atoms with van der Waals surface area (Å²) >= 11 is 0. The molecule has 0 amide bonds. The summed E-state index contributed by atoms with van der Waals surface area (Å²) in [6.07, 6.45) is 6.76. The quantitative estimate of drug-likeness (QED) is 0.442. The van der Waals surface area contributed by atoms with Crippen LogP contribution in [-0.2, 0) is 23.8 Å². The number of methoxy groups -OCH3 is 1. The maximum Gasteiger partial charge on any atom is 0.311 e. The number of terminal acetylenes is 1. The van der Waals surface area contributed by atoms with Gasteiger partial charge in [0.1, 0.15) is 0 Å². The summed E-state index contributed by atoms with van der Waals surface area (Å²) < 4.78 is 15.6. The van der Waals surface area contributed by atoms with Crippen molar-refractivity contribution in [2.24, 2.45) is 23.7 Å². The summed E-state index contributed by atoms with van der Waals surface area (Å²) in [5, 5.41) is 0. The van der Waals surface area contributed by atoms with Crippen molar-refractivity contribution in [1.82, 2.24) is 0 Å². The van der Waals surface area contributed by atoms with Crippen LogP contribution in [0, 0.1) is 36.0 Å². The molecule has 0 aromatic rings. The number of esters is 2. The topological polar surface area (TPSA) is 61.8 Å². The maximum atomic E-state index is 12.3. The number of carbonyl (C=O) groups is 2. The number of hydrogen-bond donors (Lipinski definition) is 0. The minimum absolute atomic E-state index is 0.195. The van der Waals surface area contributed by atoms with Crippen LogP contribution in [0.5, 0.6) is 0 Å². The van der Waals surface area contributed by atoms with Gasteiger partial charge in [-0.05, 0) is 13.8 Å². The number of ether oxygens (including phenoxy) is 3. The van der Waals surface area contributed by atoms with Gasteiger partial charge in [-0.1, -0.05) is 17.6 Å². The zero-order valence-electron chi connectivity index (χ0n) is 12.5. The molecular weight excluding hydrogens is 272 g/mol. The molecule has 5 atom stereocenters. The van der Waals surface area contributed by atoms with Crippen LogP contribution in [0.3, 0.4) is 0 Å². The number of cyclic esters (lactones) is 1. The van der Waals surface area contributed by atoms with E-state index in [9.17, 15) is 9.59 Å². The Balaban J connectivity index is 2.41. The molecule has 0 radical (unpaired) electrons. The van der Waals surface area contributed by atoms with Crippen LogP contribution >= 0.6 is 0 Å². The molecule has 0 aromatic carbocycles. The Morgan fingerprint density at radius 3 is 2.81 bits per heavy atom. The molecule has 1 aliphatic carbocycles. The molecule has 21 heavy (non-hydrogen) atoms. The van der Waals surface area contributed by atoms with E-state index in [1.54, 1.807) is 14.0 Å². The Kier molecular flexibility index (Phi) is 4.69. The average molecular weight is 292 g/mol. The lowest BCUT2D eigenvalue weighted by Crippen LogP contribution is -2.43. The fraction of sp³-hybridized carbons (Fsp3) is 0.625. The van der Waals surface area contributed by atoms with Crippen LogP contribution in [0.2, 0.25) is 0 Å². The van der Waals surface area contributed by atoms with Crippen LogP contribution in [0.25, 0.3) is 0 Å². The van der Waals surface area contributed by atoms with Crippen molar-refractivity contribution in [3.05, 3.63) is 11.6 Å². The molecule has 5 nitrogen and oxygen atoms in total. The number of hydrogen-bond acceptors (Lipinski definition) is 5. The first-order chi connectivity index (χ1) is 10.0. The molecule has 0 N–H and O–H groups in total. The molecule has 114 valence electrons. The highest BCUT2D eigenvalue weighted by Gasteiger charge is 2.55. The lowest BCUT2D eigenvalue weighted by Gasteiger charge is -2.35. The van der Waals surface area contributed by atoms with E-state index >= 15 is 0 Å². The Morgan fingerprint density at radius 1 is 1.52 bits per heavy atom. The smallest absolute Gasteiger partial charge is 0.311 e. The predicted octanol–water partition coefficient (Wildman–Crippen LogP) is 1.18. The summed E-state index contributed by atoms with van der Waals surface area (Å²) in [7, 11) is 1.57. The molecule has 1 aliphatic heterocycles. The van der Waals surface area contributed by atoms with Gasteiger partial charge in [-0.15, -0.1) is 6.42 Å². The second-order valence-corrected chi connectivity index (χ2v) is 5.38. The van der Waals surface area contributed by atoms with E-state index in [1.165, 1.54) is 0 Å². The molecule has 1 saturated heterocycles. The van der Waals surface area contributed by atoms with Gasteiger partial charge >= 0.3 is 11.9 Å². The fourth-order valence-electron chi connectivity index (χ4n) is 3.27. The van der Waals surface area contributed by atoms with Gasteiger partial charge < -0.3 is 14.2 Å². The van der Waals surface area contributed by atoms with Crippen LogP contribution in [0.1, 0.15) is 13.8 Å². The van der Waals surface area contributed by atoms with E-state index in [-0.39, 0.29) is 18.4 Å². The Bertz CT molecular complexity index is 501. The molecule has 5 heteroatoms. The minimum Gasteiger partial charge on any atom is -0.466 e. The molecule has 1 heterocycles. The summed E-state index contributed by atoms with van der Waals surface area (Å²) in [5.74, 6) is 0.00136. The SMILES string of the molecule is C#C[C@@H]1OC(=O)[C@@H]2[C@@H]1C=C(C)[C@@H](COC)[C@H]2C(=O)OCC. The molecule has 0 spiro atoms. The highest BCUT2D eigenvalue weighted by Crippen LogP contribution is 2.45.